The van der Waals surface area contributed by atoms with Crippen LogP contribution in [-0.4, -0.2) is 19.0 Å². The molecule has 0 aliphatic heterocycles. The highest BCUT2D eigenvalue weighted by atomic mass is 19.1. The van der Waals surface area contributed by atoms with Crippen molar-refractivity contribution in [3.05, 3.63) is 71.3 Å². The molecule has 23 heavy (non-hydrogen) atoms. The Morgan fingerprint density at radius 1 is 0.957 bits per heavy atom. The van der Waals surface area contributed by atoms with Crippen LogP contribution in [0, 0.1) is 11.6 Å². The standard InChI is InChI=1S/C18H20F2N2O/c19-16-7-5-14(6-8-16)9-12-22-18(23)10-11-21-13-15-3-1-2-4-17(15)20/h1-8,21H,9-13H2,(H,22,23). The van der Waals surface area contributed by atoms with Crippen molar-refractivity contribution < 1.29 is 13.6 Å². The average molecular weight is 318 g/mol. The average Bonchev–Trinajstić information content (AvgIpc) is 2.55. The Balaban J connectivity index is 1.58. The smallest absolute Gasteiger partial charge is 0.221 e. The first kappa shape index (κ1) is 17.1. The highest BCUT2D eigenvalue weighted by molar-refractivity contribution is 5.76. The van der Waals surface area contributed by atoms with Crippen molar-refractivity contribution in [2.24, 2.45) is 0 Å². The van der Waals surface area contributed by atoms with Crippen LogP contribution >= 0.6 is 0 Å². The summed E-state index contributed by atoms with van der Waals surface area (Å²) in [5.41, 5.74) is 1.56. The van der Waals surface area contributed by atoms with E-state index in [1.807, 2.05) is 0 Å². The summed E-state index contributed by atoms with van der Waals surface area (Å²) in [5.74, 6) is -0.574. The molecule has 0 spiro atoms. The van der Waals surface area contributed by atoms with Crippen molar-refractivity contribution in [3.8, 4) is 0 Å². The van der Waals surface area contributed by atoms with Crippen LogP contribution in [0.25, 0.3) is 0 Å². The molecule has 2 rings (SSSR count). The van der Waals surface area contributed by atoms with E-state index in [-0.39, 0.29) is 17.5 Å². The Morgan fingerprint density at radius 3 is 2.43 bits per heavy atom. The number of carbonyl (C=O) groups is 1. The number of nitrogens with one attached hydrogen (secondary N) is 2. The van der Waals surface area contributed by atoms with E-state index < -0.39 is 0 Å². The molecule has 3 nitrogen and oxygen atoms in total. The molecule has 0 aliphatic rings. The van der Waals surface area contributed by atoms with Gasteiger partial charge in [0.1, 0.15) is 11.6 Å². The van der Waals surface area contributed by atoms with Gasteiger partial charge in [0.05, 0.1) is 0 Å². The third-order valence-electron chi connectivity index (χ3n) is 3.45. The Hall–Kier alpha value is -2.27. The summed E-state index contributed by atoms with van der Waals surface area (Å²) in [5, 5.41) is 5.85. The van der Waals surface area contributed by atoms with Crippen LogP contribution in [0.1, 0.15) is 17.5 Å². The van der Waals surface area contributed by atoms with Gasteiger partial charge in [0.15, 0.2) is 0 Å². The maximum atomic E-state index is 13.4. The second-order valence-electron chi connectivity index (χ2n) is 5.24. The molecule has 0 atom stereocenters. The van der Waals surface area contributed by atoms with Gasteiger partial charge in [-0.05, 0) is 30.2 Å². The molecule has 0 saturated carbocycles. The van der Waals surface area contributed by atoms with Crippen LogP contribution in [0.5, 0.6) is 0 Å². The zero-order chi connectivity index (χ0) is 16.5. The third-order valence-corrected chi connectivity index (χ3v) is 3.45. The van der Waals surface area contributed by atoms with E-state index >= 15 is 0 Å². The van der Waals surface area contributed by atoms with E-state index in [2.05, 4.69) is 10.6 Å². The topological polar surface area (TPSA) is 41.1 Å². The fourth-order valence-electron chi connectivity index (χ4n) is 2.15. The molecule has 0 aliphatic carbocycles. The molecule has 122 valence electrons. The summed E-state index contributed by atoms with van der Waals surface area (Å²) in [6, 6.07) is 12.8. The molecule has 0 heterocycles. The summed E-state index contributed by atoms with van der Waals surface area (Å²) in [4.78, 5) is 11.7. The summed E-state index contributed by atoms with van der Waals surface area (Å²) < 4.78 is 26.1. The molecule has 0 aromatic heterocycles. The monoisotopic (exact) mass is 318 g/mol. The highest BCUT2D eigenvalue weighted by Crippen LogP contribution is 2.05. The fourth-order valence-corrected chi connectivity index (χ4v) is 2.15. The molecule has 0 unspecified atom stereocenters. The summed E-state index contributed by atoms with van der Waals surface area (Å²) in [7, 11) is 0. The van der Waals surface area contributed by atoms with Gasteiger partial charge in [0.2, 0.25) is 5.91 Å². The number of rotatable bonds is 8. The van der Waals surface area contributed by atoms with Crippen LogP contribution in [-0.2, 0) is 17.8 Å². The van der Waals surface area contributed by atoms with Crippen LogP contribution < -0.4 is 10.6 Å². The Bertz CT molecular complexity index is 629. The minimum atomic E-state index is -0.265. The SMILES string of the molecule is O=C(CCNCc1ccccc1F)NCCc1ccc(F)cc1. The predicted molar refractivity (Wildman–Crippen MR) is 85.8 cm³/mol. The van der Waals surface area contributed by atoms with E-state index in [4.69, 9.17) is 0 Å². The van der Waals surface area contributed by atoms with E-state index in [0.717, 1.165) is 5.56 Å². The summed E-state index contributed by atoms with van der Waals surface area (Å²) in [6.07, 6.45) is 0.993. The number of hydrogen-bond acceptors (Lipinski definition) is 2. The van der Waals surface area contributed by atoms with Crippen LogP contribution in [0.2, 0.25) is 0 Å². The Labute approximate surface area is 134 Å². The second kappa shape index (κ2) is 9.00. The number of amides is 1. The van der Waals surface area contributed by atoms with Gasteiger partial charge in [0.25, 0.3) is 0 Å². The van der Waals surface area contributed by atoms with Crippen molar-refractivity contribution in [2.75, 3.05) is 13.1 Å². The highest BCUT2D eigenvalue weighted by Gasteiger charge is 2.03. The second-order valence-corrected chi connectivity index (χ2v) is 5.24. The Morgan fingerprint density at radius 2 is 1.70 bits per heavy atom. The molecule has 2 aromatic rings. The third kappa shape index (κ3) is 6.16. The van der Waals surface area contributed by atoms with Gasteiger partial charge in [-0.2, -0.15) is 0 Å². The van der Waals surface area contributed by atoms with Crippen molar-refractivity contribution >= 4 is 5.91 Å². The molecular formula is C18H20F2N2O. The van der Waals surface area contributed by atoms with Gasteiger partial charge in [0, 0.05) is 31.6 Å². The van der Waals surface area contributed by atoms with Crippen molar-refractivity contribution in [2.45, 2.75) is 19.4 Å². The molecule has 1 amide bonds. The molecule has 0 bridgehead atoms. The zero-order valence-electron chi connectivity index (χ0n) is 12.8. The number of benzene rings is 2. The quantitative estimate of drug-likeness (QED) is 0.735. The molecular weight excluding hydrogens is 298 g/mol. The first-order valence-corrected chi connectivity index (χ1v) is 7.60. The van der Waals surface area contributed by atoms with Crippen LogP contribution in [0.3, 0.4) is 0 Å². The van der Waals surface area contributed by atoms with E-state index in [9.17, 15) is 13.6 Å². The first-order chi connectivity index (χ1) is 11.1. The van der Waals surface area contributed by atoms with Gasteiger partial charge < -0.3 is 10.6 Å². The molecule has 0 saturated heterocycles. The van der Waals surface area contributed by atoms with E-state index in [0.29, 0.717) is 38.0 Å². The van der Waals surface area contributed by atoms with Crippen molar-refractivity contribution in [3.63, 3.8) is 0 Å². The van der Waals surface area contributed by atoms with Crippen molar-refractivity contribution in [1.29, 1.82) is 0 Å². The van der Waals surface area contributed by atoms with Gasteiger partial charge in [-0.15, -0.1) is 0 Å². The Kier molecular flexibility index (Phi) is 6.69. The van der Waals surface area contributed by atoms with Gasteiger partial charge in [-0.25, -0.2) is 8.78 Å². The van der Waals surface area contributed by atoms with Crippen LogP contribution in [0.4, 0.5) is 8.78 Å². The number of hydrogen-bond donors (Lipinski definition) is 2. The molecule has 5 heteroatoms. The van der Waals surface area contributed by atoms with Gasteiger partial charge in [-0.1, -0.05) is 30.3 Å². The van der Waals surface area contributed by atoms with Gasteiger partial charge in [-0.3, -0.25) is 4.79 Å². The molecule has 0 fully saturated rings. The summed E-state index contributed by atoms with van der Waals surface area (Å²) in [6.45, 7) is 1.39. The lowest BCUT2D eigenvalue weighted by molar-refractivity contribution is -0.120. The number of halogens is 2. The normalized spacial score (nSPS) is 10.5. The van der Waals surface area contributed by atoms with E-state index in [1.54, 1.807) is 30.3 Å². The van der Waals surface area contributed by atoms with Gasteiger partial charge >= 0.3 is 0 Å². The molecule has 0 radical (unpaired) electrons. The first-order valence-electron chi connectivity index (χ1n) is 7.60. The maximum Gasteiger partial charge on any atom is 0.221 e. The minimum absolute atomic E-state index is 0.0619. The molecule has 2 aromatic carbocycles. The molecule has 2 N–H and O–H groups in total. The van der Waals surface area contributed by atoms with Crippen LogP contribution in [0.15, 0.2) is 48.5 Å². The lowest BCUT2D eigenvalue weighted by Gasteiger charge is -2.07. The lowest BCUT2D eigenvalue weighted by Crippen LogP contribution is -2.29. The largest absolute Gasteiger partial charge is 0.356 e. The van der Waals surface area contributed by atoms with Crippen molar-refractivity contribution in [1.82, 2.24) is 10.6 Å². The minimum Gasteiger partial charge on any atom is -0.356 e. The maximum absolute atomic E-state index is 13.4. The predicted octanol–water partition coefficient (Wildman–Crippen LogP) is 2.80. The number of carbonyl (C=O) groups excluding carboxylic acids is 1. The zero-order valence-corrected chi connectivity index (χ0v) is 12.8. The summed E-state index contributed by atoms with van der Waals surface area (Å²) >= 11 is 0. The van der Waals surface area contributed by atoms with E-state index in [1.165, 1.54) is 18.2 Å². The fraction of sp³-hybridized carbons (Fsp3) is 0.278. The lowest BCUT2D eigenvalue weighted by atomic mass is 10.1.